The summed E-state index contributed by atoms with van der Waals surface area (Å²) in [6.07, 6.45) is 11.3. The molecule has 0 aromatic carbocycles. The van der Waals surface area contributed by atoms with Crippen LogP contribution in [0.5, 0.6) is 0 Å². The molecule has 4 fully saturated rings. The summed E-state index contributed by atoms with van der Waals surface area (Å²) in [5, 5.41) is 36.7. The zero-order chi connectivity index (χ0) is 43.8. The maximum absolute atomic E-state index is 14.7. The van der Waals surface area contributed by atoms with Crippen LogP contribution in [0.25, 0.3) is 0 Å². The van der Waals surface area contributed by atoms with Crippen molar-refractivity contribution >= 4 is 11.8 Å². The van der Waals surface area contributed by atoms with Gasteiger partial charge in [-0.3, -0.25) is 14.6 Å². The van der Waals surface area contributed by atoms with E-state index in [2.05, 4.69) is 44.1 Å². The van der Waals surface area contributed by atoms with Gasteiger partial charge in [-0.05, 0) is 101 Å². The van der Waals surface area contributed by atoms with Crippen LogP contribution in [0.2, 0.25) is 0 Å². The summed E-state index contributed by atoms with van der Waals surface area (Å²) >= 11 is 0. The van der Waals surface area contributed by atoms with Gasteiger partial charge in [0.15, 0.2) is 11.6 Å². The molecule has 12 heteroatoms. The zero-order valence-electron chi connectivity index (χ0n) is 38.0. The highest BCUT2D eigenvalue weighted by atomic mass is 16.8. The fourth-order valence-corrected chi connectivity index (χ4v) is 11.5. The number of ketones is 1. The van der Waals surface area contributed by atoms with Crippen LogP contribution < -0.4 is 5.32 Å². The van der Waals surface area contributed by atoms with Crippen LogP contribution in [0.1, 0.15) is 139 Å². The monoisotopic (exact) mass is 841 g/mol. The van der Waals surface area contributed by atoms with Gasteiger partial charge in [0.05, 0.1) is 59.8 Å². The van der Waals surface area contributed by atoms with Gasteiger partial charge in [0, 0.05) is 49.0 Å². The van der Waals surface area contributed by atoms with Gasteiger partial charge in [0.1, 0.15) is 5.78 Å². The minimum atomic E-state index is -1.18. The molecular weight excluding hydrogens is 765 g/mol. The Bertz CT molecular complexity index is 1650. The van der Waals surface area contributed by atoms with Crippen LogP contribution in [0, 0.1) is 41.4 Å². The number of carboxylic acid groups (broad SMARTS) is 1. The molecule has 6 heterocycles. The van der Waals surface area contributed by atoms with Crippen LogP contribution in [-0.2, 0) is 39.8 Å². The molecule has 5 aliphatic heterocycles. The van der Waals surface area contributed by atoms with Gasteiger partial charge in [-0.25, -0.2) is 0 Å². The molecular formula is C48H76N2O10. The van der Waals surface area contributed by atoms with Crippen molar-refractivity contribution in [1.29, 1.82) is 0 Å². The first-order valence-corrected chi connectivity index (χ1v) is 23.2. The Morgan fingerprint density at radius 1 is 0.950 bits per heavy atom. The van der Waals surface area contributed by atoms with Gasteiger partial charge in [0.2, 0.25) is 0 Å². The zero-order valence-corrected chi connectivity index (χ0v) is 38.0. The highest BCUT2D eigenvalue weighted by molar-refractivity contribution is 5.84. The van der Waals surface area contributed by atoms with E-state index in [9.17, 15) is 24.9 Å². The first kappa shape index (κ1) is 47.2. The predicted molar refractivity (Wildman–Crippen MR) is 228 cm³/mol. The second-order valence-corrected chi connectivity index (χ2v) is 19.7. The number of aliphatic hydroxyl groups is 2. The maximum atomic E-state index is 14.7. The molecule has 4 saturated heterocycles. The summed E-state index contributed by atoms with van der Waals surface area (Å²) in [4.78, 5) is 31.0. The highest BCUT2D eigenvalue weighted by Gasteiger charge is 2.63. The number of ether oxygens (including phenoxy) is 5. The predicted octanol–water partition coefficient (Wildman–Crippen LogP) is 7.38. The van der Waals surface area contributed by atoms with Crippen molar-refractivity contribution in [3.63, 3.8) is 0 Å². The lowest BCUT2D eigenvalue weighted by Gasteiger charge is -2.55. The van der Waals surface area contributed by atoms with Crippen molar-refractivity contribution in [3.05, 3.63) is 42.2 Å². The minimum Gasteiger partial charge on any atom is -0.481 e. The number of hydrogen-bond donors (Lipinski definition) is 4. The van der Waals surface area contributed by atoms with E-state index >= 15 is 0 Å². The highest BCUT2D eigenvalue weighted by Crippen LogP contribution is 2.54. The third kappa shape index (κ3) is 9.19. The fourth-order valence-electron chi connectivity index (χ4n) is 11.5. The van der Waals surface area contributed by atoms with Gasteiger partial charge in [-0.15, -0.1) is 0 Å². The smallest absolute Gasteiger partial charge is 0.309 e. The van der Waals surface area contributed by atoms with Gasteiger partial charge in [-0.2, -0.15) is 0 Å². The SMILES string of the molecule is CC[C@@H](C(=O)[C@@H](C)[C@@H](O)[C@H](C)[C@@H]1O[C@@H]([C@@H](CC)C(=O)O)CC[C@@H]1C)[C@H]1O[C@]2(C=C[C@@H](NCc3cccnc3)[C@]3(CC[C@@](C)([C@H]4CC[C@](O)(CC)[C@H](C)O4)O3)O2)[C@H](C)C[C@@H]1C. The Morgan fingerprint density at radius 3 is 2.32 bits per heavy atom. The number of pyridine rings is 1. The molecule has 6 rings (SSSR count). The van der Waals surface area contributed by atoms with Crippen LogP contribution >= 0.6 is 0 Å². The fraction of sp³-hybridized carbons (Fsp3) is 0.812. The molecule has 5 aliphatic rings. The molecule has 0 amide bonds. The summed E-state index contributed by atoms with van der Waals surface area (Å²) in [6, 6.07) is 3.62. The van der Waals surface area contributed by atoms with Crippen molar-refractivity contribution in [2.24, 2.45) is 41.4 Å². The van der Waals surface area contributed by atoms with E-state index in [4.69, 9.17) is 23.7 Å². The second-order valence-electron chi connectivity index (χ2n) is 19.7. The van der Waals surface area contributed by atoms with Crippen molar-refractivity contribution in [1.82, 2.24) is 10.3 Å². The average Bonchev–Trinajstić information content (AvgIpc) is 3.57. The third-order valence-electron chi connectivity index (χ3n) is 15.7. The Hall–Kier alpha value is -2.29. The lowest BCUT2D eigenvalue weighted by molar-refractivity contribution is -0.398. The van der Waals surface area contributed by atoms with Crippen molar-refractivity contribution < 1.29 is 48.6 Å². The Labute approximate surface area is 358 Å². The summed E-state index contributed by atoms with van der Waals surface area (Å²) in [5.74, 6) is -5.34. The van der Waals surface area contributed by atoms with Crippen molar-refractivity contribution in [2.75, 3.05) is 0 Å². The van der Waals surface area contributed by atoms with E-state index in [1.54, 1.807) is 6.20 Å². The normalized spacial score (nSPS) is 42.1. The van der Waals surface area contributed by atoms with Crippen LogP contribution in [0.15, 0.2) is 36.7 Å². The minimum absolute atomic E-state index is 0.0318. The van der Waals surface area contributed by atoms with Gasteiger partial charge < -0.3 is 44.3 Å². The first-order valence-electron chi connectivity index (χ1n) is 23.2. The Morgan fingerprint density at radius 2 is 1.68 bits per heavy atom. The van der Waals surface area contributed by atoms with E-state index in [1.165, 1.54) is 0 Å². The number of aliphatic carboxylic acids is 1. The number of rotatable bonds is 15. The van der Waals surface area contributed by atoms with Gasteiger partial charge in [0.25, 0.3) is 0 Å². The lowest BCUT2D eigenvalue weighted by Crippen LogP contribution is -2.65. The second kappa shape index (κ2) is 18.8. The third-order valence-corrected chi connectivity index (χ3v) is 15.7. The first-order chi connectivity index (χ1) is 28.4. The van der Waals surface area contributed by atoms with Crippen LogP contribution in [0.3, 0.4) is 0 Å². The van der Waals surface area contributed by atoms with E-state index < -0.39 is 64.8 Å². The Kier molecular flexibility index (Phi) is 14.8. The van der Waals surface area contributed by atoms with Crippen molar-refractivity contribution in [2.45, 2.75) is 205 Å². The Balaban J connectivity index is 1.23. The van der Waals surface area contributed by atoms with E-state index in [1.807, 2.05) is 65.9 Å². The number of carbonyl (C=O) groups excluding carboxylic acids is 1. The van der Waals surface area contributed by atoms with Gasteiger partial charge in [-0.1, -0.05) is 67.5 Å². The molecule has 60 heavy (non-hydrogen) atoms. The lowest BCUT2D eigenvalue weighted by atomic mass is 9.72. The number of aromatic nitrogens is 1. The topological polar surface area (TPSA) is 166 Å². The van der Waals surface area contributed by atoms with E-state index in [-0.39, 0.29) is 53.8 Å². The number of nitrogens with one attached hydrogen (secondary N) is 1. The molecule has 12 nitrogen and oxygen atoms in total. The molecule has 1 aromatic rings. The molecule has 2 spiro atoms. The molecule has 0 saturated carbocycles. The molecule has 0 aliphatic carbocycles. The molecule has 0 bridgehead atoms. The molecule has 4 N–H and O–H groups in total. The molecule has 0 unspecified atom stereocenters. The average molecular weight is 841 g/mol. The number of aliphatic hydroxyl groups excluding tert-OH is 1. The van der Waals surface area contributed by atoms with E-state index in [0.717, 1.165) is 18.4 Å². The maximum Gasteiger partial charge on any atom is 0.309 e. The standard InChI is InChI=1S/C48H76N2O10/c1-11-35(44(53)54)37-17-16-28(4)42(57-37)32(8)40(51)31(7)41(52)36(12-2)43-29(5)25-30(6)47(58-43)21-18-38(50-27-34-15-14-24-49-26-34)48(60-47)23-22-45(10,59-48)39-19-20-46(55,13-3)33(9)56-39/h14-15,18,21,24,26,28-33,35-40,42-43,50-51,55H,11-13,16-17,19-20,22-23,25,27H2,1-10H3,(H,53,54)/t28-,29-,30+,31-,32-,33-,35+,36-,37+,38+,39+,40+,42+,43-,45-,46+,47-,48-/m0/s1. The van der Waals surface area contributed by atoms with Crippen LogP contribution in [-0.4, -0.2) is 97.5 Å². The molecule has 338 valence electrons. The molecule has 1 aromatic heterocycles. The quantitative estimate of drug-likeness (QED) is 0.130. The number of carboxylic acids is 1. The van der Waals surface area contributed by atoms with E-state index in [0.29, 0.717) is 57.9 Å². The molecule has 0 radical (unpaired) electrons. The summed E-state index contributed by atoms with van der Waals surface area (Å²) in [6.45, 7) is 20.6. The molecule has 18 atom stereocenters. The van der Waals surface area contributed by atoms with Crippen LogP contribution in [0.4, 0.5) is 0 Å². The summed E-state index contributed by atoms with van der Waals surface area (Å²) in [7, 11) is 0. The summed E-state index contributed by atoms with van der Waals surface area (Å²) < 4.78 is 34.9. The number of hydrogen-bond acceptors (Lipinski definition) is 11. The number of nitrogens with zero attached hydrogens (tertiary/aromatic N) is 1. The van der Waals surface area contributed by atoms with Crippen molar-refractivity contribution in [3.8, 4) is 0 Å². The van der Waals surface area contributed by atoms with Gasteiger partial charge >= 0.3 is 5.97 Å². The number of Topliss-reactive ketones (excluding diaryl/α,β-unsaturated/α-hetero) is 1. The number of carbonyl (C=O) groups is 2. The summed E-state index contributed by atoms with van der Waals surface area (Å²) in [5.41, 5.74) is -0.526. The largest absolute Gasteiger partial charge is 0.481 e.